The van der Waals surface area contributed by atoms with E-state index < -0.39 is 0 Å². The highest BCUT2D eigenvalue weighted by molar-refractivity contribution is 5.36. The van der Waals surface area contributed by atoms with Crippen molar-refractivity contribution in [3.8, 4) is 0 Å². The van der Waals surface area contributed by atoms with Gasteiger partial charge in [-0.05, 0) is 72.0 Å². The highest BCUT2D eigenvalue weighted by atomic mass is 14.9. The lowest BCUT2D eigenvalue weighted by Gasteiger charge is -2.39. The summed E-state index contributed by atoms with van der Waals surface area (Å²) in [5, 5.41) is 0. The van der Waals surface area contributed by atoms with E-state index in [0.717, 1.165) is 39.9 Å². The molecule has 0 aromatic carbocycles. The molecular formula is C21H36. The zero-order valence-corrected chi connectivity index (χ0v) is 14.9. The van der Waals surface area contributed by atoms with Gasteiger partial charge in [-0.2, -0.15) is 0 Å². The van der Waals surface area contributed by atoms with Crippen molar-refractivity contribution in [3.05, 3.63) is 0 Å². The van der Waals surface area contributed by atoms with Gasteiger partial charge in [0.25, 0.3) is 0 Å². The molecule has 0 heterocycles. The van der Waals surface area contributed by atoms with E-state index >= 15 is 0 Å². The van der Waals surface area contributed by atoms with Crippen LogP contribution >= 0.6 is 0 Å². The van der Waals surface area contributed by atoms with Gasteiger partial charge in [-0.1, -0.05) is 59.8 Å². The molecule has 0 saturated heterocycles. The summed E-state index contributed by atoms with van der Waals surface area (Å²) in [4.78, 5) is 0. The Kier molecular flexibility index (Phi) is 3.13. The van der Waals surface area contributed by atoms with Crippen molar-refractivity contribution in [1.29, 1.82) is 0 Å². The Morgan fingerprint density at radius 3 is 2.33 bits per heavy atom. The molecule has 0 aliphatic heterocycles. The Morgan fingerprint density at radius 1 is 1.00 bits per heavy atom. The first-order valence-electron chi connectivity index (χ1n) is 10.1. The summed E-state index contributed by atoms with van der Waals surface area (Å²) >= 11 is 0. The van der Waals surface area contributed by atoms with Crippen molar-refractivity contribution in [2.75, 3.05) is 0 Å². The van der Waals surface area contributed by atoms with Crippen LogP contribution in [0.5, 0.6) is 0 Å². The van der Waals surface area contributed by atoms with Crippen LogP contribution in [-0.2, 0) is 0 Å². The summed E-state index contributed by atoms with van der Waals surface area (Å²) in [6.07, 6.45) is 15.3. The van der Waals surface area contributed by atoms with E-state index in [1.807, 2.05) is 0 Å². The van der Waals surface area contributed by atoms with Crippen LogP contribution in [0.3, 0.4) is 0 Å². The molecule has 120 valence electrons. The maximum Gasteiger partial charge on any atom is -0.0142 e. The van der Waals surface area contributed by atoms with Gasteiger partial charge < -0.3 is 0 Å². The quantitative estimate of drug-likeness (QED) is 0.545. The molecule has 4 rings (SSSR count). The monoisotopic (exact) mass is 288 g/mol. The van der Waals surface area contributed by atoms with Crippen molar-refractivity contribution < 1.29 is 0 Å². The second kappa shape index (κ2) is 4.51. The molecule has 0 bridgehead atoms. The summed E-state index contributed by atoms with van der Waals surface area (Å²) in [5.74, 6) is 4.33. The van der Waals surface area contributed by atoms with Gasteiger partial charge in [0.2, 0.25) is 0 Å². The Hall–Kier alpha value is 0. The van der Waals surface area contributed by atoms with Gasteiger partial charge in [0.05, 0.1) is 0 Å². The normalized spacial score (nSPS) is 55.1. The standard InChI is InChI=1S/C21H36/c1-5-9-17-14-19(6-2)13-8-10-15(4)21(16-11-12-16)18(19)20(17,21)7-3/h15-18H,5-14H2,1-4H3/t15-,17?,18?,19+,20-,21-/m0/s1. The zero-order chi connectivity index (χ0) is 14.9. The minimum Gasteiger partial charge on any atom is -0.0654 e. The van der Waals surface area contributed by atoms with Crippen LogP contribution < -0.4 is 0 Å². The molecule has 6 atom stereocenters. The average molecular weight is 289 g/mol. The number of hydrogen-bond acceptors (Lipinski definition) is 0. The smallest absolute Gasteiger partial charge is 0.0142 e. The van der Waals surface area contributed by atoms with E-state index in [4.69, 9.17) is 0 Å². The third-order valence-corrected chi connectivity index (χ3v) is 9.02. The average Bonchev–Trinajstić information content (AvgIpc) is 3.35. The minimum atomic E-state index is 0.753. The number of fused-ring (bicyclic) bond motifs is 1. The lowest BCUT2D eigenvalue weighted by atomic mass is 9.65. The van der Waals surface area contributed by atoms with E-state index in [-0.39, 0.29) is 0 Å². The Bertz CT molecular complexity index is 422. The first-order chi connectivity index (χ1) is 10.1. The van der Waals surface area contributed by atoms with Crippen molar-refractivity contribution in [3.63, 3.8) is 0 Å². The van der Waals surface area contributed by atoms with E-state index in [2.05, 4.69) is 27.7 Å². The van der Waals surface area contributed by atoms with Gasteiger partial charge in [0, 0.05) is 0 Å². The fourth-order valence-electron chi connectivity index (χ4n) is 8.64. The van der Waals surface area contributed by atoms with Crippen molar-refractivity contribution in [2.24, 2.45) is 39.9 Å². The number of rotatable bonds is 5. The summed E-state index contributed by atoms with van der Waals surface area (Å²) in [6.45, 7) is 10.2. The first-order valence-corrected chi connectivity index (χ1v) is 10.1. The van der Waals surface area contributed by atoms with Gasteiger partial charge in [-0.15, -0.1) is 0 Å². The zero-order valence-electron chi connectivity index (χ0n) is 14.9. The molecule has 2 unspecified atom stereocenters. The van der Waals surface area contributed by atoms with E-state index in [1.54, 1.807) is 25.7 Å². The van der Waals surface area contributed by atoms with Gasteiger partial charge in [0.1, 0.15) is 0 Å². The van der Waals surface area contributed by atoms with Crippen molar-refractivity contribution in [1.82, 2.24) is 0 Å². The third-order valence-electron chi connectivity index (χ3n) is 9.02. The molecule has 0 aromatic rings. The molecule has 0 nitrogen and oxygen atoms in total. The molecule has 4 saturated carbocycles. The maximum absolute atomic E-state index is 2.66. The van der Waals surface area contributed by atoms with Crippen LogP contribution in [0.15, 0.2) is 0 Å². The summed E-state index contributed by atoms with van der Waals surface area (Å²) in [6, 6.07) is 0. The predicted molar refractivity (Wildman–Crippen MR) is 90.1 cm³/mol. The Labute approximate surface area is 132 Å². The van der Waals surface area contributed by atoms with Gasteiger partial charge >= 0.3 is 0 Å². The predicted octanol–water partition coefficient (Wildman–Crippen LogP) is 6.45. The molecule has 4 fully saturated rings. The molecule has 0 spiro atoms. The molecule has 0 heteroatoms. The molecule has 4 aliphatic rings. The van der Waals surface area contributed by atoms with Crippen LogP contribution in [0.1, 0.15) is 91.9 Å². The second-order valence-electron chi connectivity index (χ2n) is 9.23. The second-order valence-corrected chi connectivity index (χ2v) is 9.23. The Balaban J connectivity index is 1.83. The molecular weight excluding hydrogens is 252 g/mol. The topological polar surface area (TPSA) is 0 Å². The lowest BCUT2D eigenvalue weighted by molar-refractivity contribution is 0.0887. The van der Waals surface area contributed by atoms with Crippen molar-refractivity contribution >= 4 is 0 Å². The molecule has 21 heavy (non-hydrogen) atoms. The van der Waals surface area contributed by atoms with Crippen molar-refractivity contribution in [2.45, 2.75) is 91.9 Å². The molecule has 4 aliphatic carbocycles. The van der Waals surface area contributed by atoms with Crippen LogP contribution in [0.25, 0.3) is 0 Å². The van der Waals surface area contributed by atoms with Gasteiger partial charge in [-0.3, -0.25) is 0 Å². The summed E-state index contributed by atoms with van der Waals surface area (Å²) in [5.41, 5.74) is 2.33. The maximum atomic E-state index is 2.66. The fraction of sp³-hybridized carbons (Fsp3) is 1.00. The van der Waals surface area contributed by atoms with E-state index in [0.29, 0.717) is 0 Å². The van der Waals surface area contributed by atoms with Crippen LogP contribution in [0, 0.1) is 39.9 Å². The van der Waals surface area contributed by atoms with E-state index in [1.165, 1.54) is 38.5 Å². The van der Waals surface area contributed by atoms with Gasteiger partial charge in [-0.25, -0.2) is 0 Å². The molecule has 0 N–H and O–H groups in total. The van der Waals surface area contributed by atoms with Crippen LogP contribution in [0.4, 0.5) is 0 Å². The Morgan fingerprint density at radius 2 is 1.76 bits per heavy atom. The highest BCUT2D eigenvalue weighted by Crippen LogP contribution is 2.94. The summed E-state index contributed by atoms with van der Waals surface area (Å²) < 4.78 is 0. The lowest BCUT2D eigenvalue weighted by Crippen LogP contribution is -2.33. The molecule has 0 aromatic heterocycles. The third kappa shape index (κ3) is 1.44. The summed E-state index contributed by atoms with van der Waals surface area (Å²) in [7, 11) is 0. The van der Waals surface area contributed by atoms with E-state index in [9.17, 15) is 0 Å². The van der Waals surface area contributed by atoms with Gasteiger partial charge in [0.15, 0.2) is 0 Å². The largest absolute Gasteiger partial charge is 0.0654 e. The number of hydrogen-bond donors (Lipinski definition) is 0. The molecule has 0 radical (unpaired) electrons. The van der Waals surface area contributed by atoms with Crippen LogP contribution in [0.2, 0.25) is 0 Å². The highest BCUT2D eigenvalue weighted by Gasteiger charge is 2.88. The van der Waals surface area contributed by atoms with Crippen LogP contribution in [-0.4, -0.2) is 0 Å². The molecule has 0 amide bonds. The first kappa shape index (κ1) is 14.6. The minimum absolute atomic E-state index is 0.753. The fourth-order valence-corrected chi connectivity index (χ4v) is 8.64. The SMILES string of the molecule is CCCC1C[C@@]2(CC)CCC[C@H](C)[C@]3(C4CC4)C2[C@]13CC.